The van der Waals surface area contributed by atoms with Crippen LogP contribution in [-0.4, -0.2) is 47.7 Å². The molecule has 2 unspecified atom stereocenters. The Morgan fingerprint density at radius 3 is 2.75 bits per heavy atom. The Bertz CT molecular complexity index is 541. The quantitative estimate of drug-likeness (QED) is 0.839. The van der Waals surface area contributed by atoms with Gasteiger partial charge in [-0.25, -0.2) is 0 Å². The van der Waals surface area contributed by atoms with E-state index >= 15 is 0 Å². The molecule has 1 saturated heterocycles. The molecule has 5 rings (SSSR count). The van der Waals surface area contributed by atoms with Crippen molar-refractivity contribution in [2.75, 3.05) is 19.7 Å². The van der Waals surface area contributed by atoms with E-state index in [0.717, 1.165) is 44.2 Å². The van der Waals surface area contributed by atoms with E-state index in [9.17, 15) is 10.1 Å². The van der Waals surface area contributed by atoms with E-state index in [1.54, 1.807) is 4.90 Å². The van der Waals surface area contributed by atoms with Crippen molar-refractivity contribution in [3.8, 4) is 6.07 Å². The lowest BCUT2D eigenvalue weighted by atomic mass is 9.51. The lowest BCUT2D eigenvalue weighted by Crippen LogP contribution is -2.66. The maximum atomic E-state index is 12.6. The van der Waals surface area contributed by atoms with Crippen LogP contribution >= 0.6 is 0 Å². The Labute approximate surface area is 144 Å². The van der Waals surface area contributed by atoms with Gasteiger partial charge in [-0.3, -0.25) is 4.79 Å². The first-order valence-electron chi connectivity index (χ1n) is 9.65. The highest BCUT2D eigenvalue weighted by molar-refractivity contribution is 5.79. The van der Waals surface area contributed by atoms with E-state index in [-0.39, 0.29) is 23.1 Å². The average Bonchev–Trinajstić information content (AvgIpc) is 3.00. The Kier molecular flexibility index (Phi) is 4.09. The number of nitrogens with one attached hydrogen (secondary N) is 1. The smallest absolute Gasteiger partial charge is 0.237 e. The minimum Gasteiger partial charge on any atom is -0.375 e. The van der Waals surface area contributed by atoms with Crippen LogP contribution in [-0.2, 0) is 9.53 Å². The van der Waals surface area contributed by atoms with Gasteiger partial charge < -0.3 is 15.0 Å². The van der Waals surface area contributed by atoms with Crippen LogP contribution in [0.5, 0.6) is 0 Å². The number of ether oxygens (including phenoxy) is 1. The third-order valence-electron chi connectivity index (χ3n) is 6.79. The molecular formula is C19H29N3O2. The Balaban J connectivity index is 1.43. The SMILES string of the molecule is CCOC12CC3CC(CC(NCC(=O)N4CCC[C@H]4C#N)(C3)C1)C2. The number of nitrogens with zero attached hydrogens (tertiary/aromatic N) is 2. The molecule has 5 fully saturated rings. The van der Waals surface area contributed by atoms with Gasteiger partial charge >= 0.3 is 0 Å². The second-order valence-electron chi connectivity index (χ2n) is 8.59. The van der Waals surface area contributed by atoms with Crippen LogP contribution in [0, 0.1) is 23.2 Å². The van der Waals surface area contributed by atoms with Crippen LogP contribution in [0.1, 0.15) is 58.3 Å². The molecule has 4 bridgehead atoms. The summed E-state index contributed by atoms with van der Waals surface area (Å²) >= 11 is 0. The molecule has 1 heterocycles. The summed E-state index contributed by atoms with van der Waals surface area (Å²) in [5.74, 6) is 1.60. The average molecular weight is 331 g/mol. The van der Waals surface area contributed by atoms with Gasteiger partial charge in [0.1, 0.15) is 6.04 Å². The number of nitriles is 1. The van der Waals surface area contributed by atoms with Gasteiger partial charge in [0.2, 0.25) is 5.91 Å². The first-order chi connectivity index (χ1) is 11.6. The summed E-state index contributed by atoms with van der Waals surface area (Å²) in [6.45, 7) is 3.99. The van der Waals surface area contributed by atoms with Crippen LogP contribution in [0.4, 0.5) is 0 Å². The normalized spacial score (nSPS) is 43.2. The van der Waals surface area contributed by atoms with Crippen molar-refractivity contribution in [3.05, 3.63) is 0 Å². The highest BCUT2D eigenvalue weighted by Gasteiger charge is 2.58. The monoisotopic (exact) mass is 331 g/mol. The number of hydrogen-bond acceptors (Lipinski definition) is 4. The van der Waals surface area contributed by atoms with E-state index in [1.165, 1.54) is 32.1 Å². The standard InChI is InChI=1S/C19H29N3O2/c1-2-24-19-9-14-6-15(10-19)8-18(7-14,13-19)21-12-17(23)22-5-3-4-16(22)11-20/h14-16,21H,2-10,12-13H2,1H3/t14?,15?,16-,18?,19?/m0/s1. The maximum absolute atomic E-state index is 12.6. The minimum atomic E-state index is -0.217. The fraction of sp³-hybridized carbons (Fsp3) is 0.895. The van der Waals surface area contributed by atoms with Crippen LogP contribution in [0.15, 0.2) is 0 Å². The van der Waals surface area contributed by atoms with E-state index in [4.69, 9.17) is 4.74 Å². The van der Waals surface area contributed by atoms with Crippen LogP contribution in [0.3, 0.4) is 0 Å². The maximum Gasteiger partial charge on any atom is 0.237 e. The third-order valence-corrected chi connectivity index (χ3v) is 6.79. The molecule has 4 saturated carbocycles. The molecule has 1 N–H and O–H groups in total. The number of carbonyl (C=O) groups excluding carboxylic acids is 1. The van der Waals surface area contributed by atoms with Crippen molar-refractivity contribution in [1.29, 1.82) is 5.26 Å². The molecule has 4 aliphatic carbocycles. The molecule has 0 radical (unpaired) electrons. The first kappa shape index (κ1) is 16.4. The van der Waals surface area contributed by atoms with E-state index < -0.39 is 0 Å². The molecule has 5 nitrogen and oxygen atoms in total. The molecule has 1 amide bonds. The van der Waals surface area contributed by atoms with Crippen molar-refractivity contribution in [2.24, 2.45) is 11.8 Å². The molecule has 0 aromatic rings. The predicted molar refractivity (Wildman–Crippen MR) is 90.1 cm³/mol. The largest absolute Gasteiger partial charge is 0.375 e. The summed E-state index contributed by atoms with van der Waals surface area (Å²) in [6, 6.07) is 2.05. The zero-order chi connectivity index (χ0) is 16.8. The topological polar surface area (TPSA) is 65.4 Å². The van der Waals surface area contributed by atoms with Gasteiger partial charge in [-0.05, 0) is 70.1 Å². The summed E-state index contributed by atoms with van der Waals surface area (Å²) in [6.07, 6.45) is 8.96. The summed E-state index contributed by atoms with van der Waals surface area (Å²) in [7, 11) is 0. The molecule has 24 heavy (non-hydrogen) atoms. The molecular weight excluding hydrogens is 302 g/mol. The van der Waals surface area contributed by atoms with E-state index in [0.29, 0.717) is 6.54 Å². The number of amides is 1. The molecule has 0 aromatic heterocycles. The summed E-state index contributed by atoms with van der Waals surface area (Å²) < 4.78 is 6.23. The zero-order valence-electron chi connectivity index (χ0n) is 14.7. The third kappa shape index (κ3) is 2.74. The fourth-order valence-electron chi connectivity index (χ4n) is 6.42. The first-order valence-corrected chi connectivity index (χ1v) is 9.65. The van der Waals surface area contributed by atoms with Gasteiger partial charge in [-0.15, -0.1) is 0 Å². The van der Waals surface area contributed by atoms with Gasteiger partial charge in [-0.1, -0.05) is 0 Å². The molecule has 0 spiro atoms. The fourth-order valence-corrected chi connectivity index (χ4v) is 6.42. The zero-order valence-corrected chi connectivity index (χ0v) is 14.7. The van der Waals surface area contributed by atoms with Crippen molar-refractivity contribution in [1.82, 2.24) is 10.2 Å². The van der Waals surface area contributed by atoms with Crippen LogP contribution in [0.25, 0.3) is 0 Å². The summed E-state index contributed by atoms with van der Waals surface area (Å²) in [5.41, 5.74) is 0.133. The van der Waals surface area contributed by atoms with E-state index in [1.807, 2.05) is 0 Å². The van der Waals surface area contributed by atoms with Gasteiger partial charge in [0.15, 0.2) is 0 Å². The van der Waals surface area contributed by atoms with Gasteiger partial charge in [0, 0.05) is 18.7 Å². The lowest BCUT2D eigenvalue weighted by molar-refractivity contribution is -0.174. The van der Waals surface area contributed by atoms with Gasteiger partial charge in [-0.2, -0.15) is 5.26 Å². The Morgan fingerprint density at radius 2 is 2.08 bits per heavy atom. The predicted octanol–water partition coefficient (Wildman–Crippen LogP) is 2.22. The number of carbonyl (C=O) groups is 1. The van der Waals surface area contributed by atoms with Crippen molar-refractivity contribution < 1.29 is 9.53 Å². The van der Waals surface area contributed by atoms with Crippen molar-refractivity contribution in [2.45, 2.75) is 75.5 Å². The Hall–Kier alpha value is -1.12. The second-order valence-corrected chi connectivity index (χ2v) is 8.59. The minimum absolute atomic E-state index is 0.0533. The lowest BCUT2D eigenvalue weighted by Gasteiger charge is -2.62. The number of rotatable bonds is 5. The van der Waals surface area contributed by atoms with Gasteiger partial charge in [0.25, 0.3) is 0 Å². The van der Waals surface area contributed by atoms with E-state index in [2.05, 4.69) is 18.3 Å². The molecule has 5 heteroatoms. The molecule has 3 atom stereocenters. The van der Waals surface area contributed by atoms with Crippen LogP contribution < -0.4 is 5.32 Å². The molecule has 1 aliphatic heterocycles. The second kappa shape index (κ2) is 6.00. The van der Waals surface area contributed by atoms with Crippen molar-refractivity contribution in [3.63, 3.8) is 0 Å². The highest BCUT2D eigenvalue weighted by atomic mass is 16.5. The highest BCUT2D eigenvalue weighted by Crippen LogP contribution is 2.58. The Morgan fingerprint density at radius 1 is 1.33 bits per heavy atom. The number of likely N-dealkylation sites (tertiary alicyclic amines) is 1. The number of hydrogen-bond donors (Lipinski definition) is 1. The molecule has 5 aliphatic rings. The summed E-state index contributed by atoms with van der Waals surface area (Å²) in [4.78, 5) is 14.4. The molecule has 0 aromatic carbocycles. The summed E-state index contributed by atoms with van der Waals surface area (Å²) in [5, 5.41) is 12.8. The molecule has 132 valence electrons. The van der Waals surface area contributed by atoms with Crippen LogP contribution in [0.2, 0.25) is 0 Å². The van der Waals surface area contributed by atoms with Gasteiger partial charge in [0.05, 0.1) is 18.2 Å². The van der Waals surface area contributed by atoms with Crippen molar-refractivity contribution >= 4 is 5.91 Å².